The lowest BCUT2D eigenvalue weighted by Gasteiger charge is -2.35. The van der Waals surface area contributed by atoms with Gasteiger partial charge in [-0.15, -0.1) is 0 Å². The number of H-pyrrole nitrogens is 1. The standard InChI is InChI=1S/C16H21N3O2/c1-12-2-3-14-13(10-12)11-15(17-16(14)21)19-6-4-18(5-7-19)8-9-20/h2-3,10-11,20H,4-9H2,1H3,(H,17,21). The molecule has 3 rings (SSSR count). The molecule has 2 aromatic rings. The number of nitrogens with one attached hydrogen (secondary N) is 1. The van der Waals surface area contributed by atoms with Gasteiger partial charge in [0.05, 0.1) is 6.61 Å². The molecule has 1 saturated heterocycles. The number of aryl methyl sites for hydroxylation is 1. The Balaban J connectivity index is 1.86. The minimum atomic E-state index is -0.0275. The monoisotopic (exact) mass is 287 g/mol. The van der Waals surface area contributed by atoms with Crippen LogP contribution >= 0.6 is 0 Å². The van der Waals surface area contributed by atoms with Crippen LogP contribution in [0.15, 0.2) is 29.1 Å². The van der Waals surface area contributed by atoms with E-state index in [1.807, 2.05) is 19.1 Å². The van der Waals surface area contributed by atoms with Crippen LogP contribution in [0.5, 0.6) is 0 Å². The minimum absolute atomic E-state index is 0.0275. The van der Waals surface area contributed by atoms with Crippen LogP contribution in [0.2, 0.25) is 0 Å². The van der Waals surface area contributed by atoms with Crippen molar-refractivity contribution in [3.8, 4) is 0 Å². The molecule has 0 atom stereocenters. The van der Waals surface area contributed by atoms with E-state index < -0.39 is 0 Å². The highest BCUT2D eigenvalue weighted by Crippen LogP contribution is 2.19. The molecule has 5 heteroatoms. The highest BCUT2D eigenvalue weighted by molar-refractivity contribution is 5.84. The van der Waals surface area contributed by atoms with Crippen LogP contribution in [0.25, 0.3) is 10.8 Å². The SMILES string of the molecule is Cc1ccc2c(=O)[nH]c(N3CCN(CCO)CC3)cc2c1. The highest BCUT2D eigenvalue weighted by atomic mass is 16.3. The second-order valence-corrected chi connectivity index (χ2v) is 5.63. The fraction of sp³-hybridized carbons (Fsp3) is 0.438. The summed E-state index contributed by atoms with van der Waals surface area (Å²) in [6, 6.07) is 7.96. The number of nitrogens with zero attached hydrogens (tertiary/aromatic N) is 2. The van der Waals surface area contributed by atoms with Gasteiger partial charge in [0.25, 0.3) is 5.56 Å². The Morgan fingerprint density at radius 1 is 1.19 bits per heavy atom. The zero-order chi connectivity index (χ0) is 14.8. The van der Waals surface area contributed by atoms with Gasteiger partial charge in [0.1, 0.15) is 5.82 Å². The van der Waals surface area contributed by atoms with Gasteiger partial charge in [0.2, 0.25) is 0 Å². The number of β-amino-alcohol motifs (C(OH)–C–C–N with tert-alkyl or cyclic N) is 1. The fourth-order valence-electron chi connectivity index (χ4n) is 2.90. The molecule has 5 nitrogen and oxygen atoms in total. The van der Waals surface area contributed by atoms with Gasteiger partial charge in [-0.25, -0.2) is 0 Å². The average Bonchev–Trinajstić information content (AvgIpc) is 2.48. The first-order valence-corrected chi connectivity index (χ1v) is 7.39. The van der Waals surface area contributed by atoms with Crippen molar-refractivity contribution in [2.75, 3.05) is 44.2 Å². The van der Waals surface area contributed by atoms with Gasteiger partial charge < -0.3 is 15.0 Å². The Hall–Kier alpha value is -1.85. The summed E-state index contributed by atoms with van der Waals surface area (Å²) in [6.07, 6.45) is 0. The Morgan fingerprint density at radius 3 is 2.67 bits per heavy atom. The van der Waals surface area contributed by atoms with Crippen LogP contribution in [0, 0.1) is 6.92 Å². The maximum Gasteiger partial charge on any atom is 0.257 e. The molecule has 0 spiro atoms. The lowest BCUT2D eigenvalue weighted by Crippen LogP contribution is -2.47. The van der Waals surface area contributed by atoms with Crippen molar-refractivity contribution < 1.29 is 5.11 Å². The molecule has 2 heterocycles. The van der Waals surface area contributed by atoms with E-state index >= 15 is 0 Å². The highest BCUT2D eigenvalue weighted by Gasteiger charge is 2.17. The zero-order valence-electron chi connectivity index (χ0n) is 12.3. The molecule has 21 heavy (non-hydrogen) atoms. The van der Waals surface area contributed by atoms with Crippen molar-refractivity contribution in [3.63, 3.8) is 0 Å². The summed E-state index contributed by atoms with van der Waals surface area (Å²) in [5.41, 5.74) is 1.13. The van der Waals surface area contributed by atoms with Crippen LogP contribution in [0.3, 0.4) is 0 Å². The van der Waals surface area contributed by atoms with Crippen molar-refractivity contribution in [1.82, 2.24) is 9.88 Å². The predicted molar refractivity (Wildman–Crippen MR) is 85.0 cm³/mol. The second-order valence-electron chi connectivity index (χ2n) is 5.63. The molecular formula is C16H21N3O2. The van der Waals surface area contributed by atoms with Gasteiger partial charge in [-0.05, 0) is 24.4 Å². The van der Waals surface area contributed by atoms with Crippen LogP contribution in [-0.2, 0) is 0 Å². The summed E-state index contributed by atoms with van der Waals surface area (Å²) in [5.74, 6) is 0.891. The maximum absolute atomic E-state index is 12.2. The van der Waals surface area contributed by atoms with Crippen molar-refractivity contribution in [2.24, 2.45) is 0 Å². The van der Waals surface area contributed by atoms with Gasteiger partial charge in [0, 0.05) is 38.1 Å². The fourth-order valence-corrected chi connectivity index (χ4v) is 2.90. The van der Waals surface area contributed by atoms with Gasteiger partial charge in [-0.1, -0.05) is 17.7 Å². The van der Waals surface area contributed by atoms with E-state index in [2.05, 4.69) is 26.9 Å². The predicted octanol–water partition coefficient (Wildman–Crippen LogP) is 0.951. The number of hydrogen-bond donors (Lipinski definition) is 2. The molecule has 0 radical (unpaired) electrons. The van der Waals surface area contributed by atoms with E-state index in [1.165, 1.54) is 0 Å². The molecule has 0 amide bonds. The van der Waals surface area contributed by atoms with Crippen LogP contribution in [0.4, 0.5) is 5.82 Å². The van der Waals surface area contributed by atoms with E-state index in [9.17, 15) is 4.79 Å². The Kier molecular flexibility index (Phi) is 3.94. The summed E-state index contributed by atoms with van der Waals surface area (Å²) >= 11 is 0. The quantitative estimate of drug-likeness (QED) is 0.882. The third kappa shape index (κ3) is 2.94. The summed E-state index contributed by atoms with van der Waals surface area (Å²) in [7, 11) is 0. The first kappa shape index (κ1) is 14.1. The van der Waals surface area contributed by atoms with Gasteiger partial charge >= 0.3 is 0 Å². The number of hydrogen-bond acceptors (Lipinski definition) is 4. The molecule has 0 aliphatic carbocycles. The summed E-state index contributed by atoms with van der Waals surface area (Å²) < 4.78 is 0. The van der Waals surface area contributed by atoms with E-state index in [-0.39, 0.29) is 12.2 Å². The molecule has 1 aliphatic rings. The zero-order valence-corrected chi connectivity index (χ0v) is 12.3. The van der Waals surface area contributed by atoms with Crippen molar-refractivity contribution >= 4 is 16.6 Å². The summed E-state index contributed by atoms with van der Waals surface area (Å²) in [5, 5.41) is 10.7. The van der Waals surface area contributed by atoms with E-state index in [0.717, 1.165) is 54.9 Å². The van der Waals surface area contributed by atoms with E-state index in [4.69, 9.17) is 5.11 Å². The molecule has 112 valence electrons. The third-order valence-corrected chi connectivity index (χ3v) is 4.11. The smallest absolute Gasteiger partial charge is 0.257 e. The molecule has 1 aromatic carbocycles. The molecule has 0 saturated carbocycles. The van der Waals surface area contributed by atoms with E-state index in [0.29, 0.717) is 0 Å². The number of rotatable bonds is 3. The van der Waals surface area contributed by atoms with Gasteiger partial charge in [-0.2, -0.15) is 0 Å². The first-order valence-electron chi connectivity index (χ1n) is 7.39. The number of aromatic amines is 1. The molecule has 2 N–H and O–H groups in total. The lowest BCUT2D eigenvalue weighted by molar-refractivity contribution is 0.188. The molecule has 1 fully saturated rings. The number of benzene rings is 1. The maximum atomic E-state index is 12.2. The Morgan fingerprint density at radius 2 is 1.95 bits per heavy atom. The summed E-state index contributed by atoms with van der Waals surface area (Å²) in [6.45, 7) is 6.52. The van der Waals surface area contributed by atoms with Gasteiger partial charge in [-0.3, -0.25) is 9.69 Å². The molecule has 1 aromatic heterocycles. The molecular weight excluding hydrogens is 266 g/mol. The van der Waals surface area contributed by atoms with E-state index in [1.54, 1.807) is 0 Å². The van der Waals surface area contributed by atoms with Crippen LogP contribution in [0.1, 0.15) is 5.56 Å². The molecule has 1 aliphatic heterocycles. The number of aromatic nitrogens is 1. The van der Waals surface area contributed by atoms with Crippen LogP contribution < -0.4 is 10.5 Å². The number of anilines is 1. The number of pyridine rings is 1. The van der Waals surface area contributed by atoms with Crippen LogP contribution in [-0.4, -0.2) is 54.3 Å². The van der Waals surface area contributed by atoms with Crippen molar-refractivity contribution in [3.05, 3.63) is 40.2 Å². The average molecular weight is 287 g/mol. The number of piperazine rings is 1. The van der Waals surface area contributed by atoms with Crippen molar-refractivity contribution in [2.45, 2.75) is 6.92 Å². The lowest BCUT2D eigenvalue weighted by atomic mass is 10.1. The summed E-state index contributed by atoms with van der Waals surface area (Å²) in [4.78, 5) is 19.6. The van der Waals surface area contributed by atoms with Gasteiger partial charge in [0.15, 0.2) is 0 Å². The second kappa shape index (κ2) is 5.87. The molecule has 0 bridgehead atoms. The minimum Gasteiger partial charge on any atom is -0.395 e. The number of aliphatic hydroxyl groups is 1. The normalized spacial score (nSPS) is 16.6. The third-order valence-electron chi connectivity index (χ3n) is 4.11. The van der Waals surface area contributed by atoms with Crippen molar-refractivity contribution in [1.29, 1.82) is 0 Å². The Bertz CT molecular complexity index is 687. The number of fused-ring (bicyclic) bond motifs is 1. The topological polar surface area (TPSA) is 59.6 Å². The number of aliphatic hydroxyl groups excluding tert-OH is 1. The first-order chi connectivity index (χ1) is 10.2. The Labute approximate surface area is 123 Å². The largest absolute Gasteiger partial charge is 0.395 e. The molecule has 0 unspecified atom stereocenters.